The molecule has 37 heavy (non-hydrogen) atoms. The molecule has 0 spiro atoms. The van der Waals surface area contributed by atoms with Gasteiger partial charge in [0.2, 0.25) is 5.24 Å². The Morgan fingerprint density at radius 3 is 1.19 bits per heavy atom. The number of Topliss-reactive ketones (excluding diaryl/α,β-unsaturated/α-hetero) is 1. The van der Waals surface area contributed by atoms with Crippen molar-refractivity contribution >= 4 is 22.6 Å². The van der Waals surface area contributed by atoms with Crippen LogP contribution in [0.1, 0.15) is 131 Å². The van der Waals surface area contributed by atoms with E-state index in [0.717, 1.165) is 74.2 Å². The minimum absolute atomic E-state index is 0.0356. The van der Waals surface area contributed by atoms with Crippen molar-refractivity contribution in [1.29, 1.82) is 0 Å². The Labute approximate surface area is 232 Å². The second-order valence-electron chi connectivity index (χ2n) is 16.9. The molecule has 8 saturated carbocycles. The predicted molar refractivity (Wildman–Crippen MR) is 154 cm³/mol. The molecule has 0 radical (unpaired) electrons. The van der Waals surface area contributed by atoms with Crippen LogP contribution in [0.15, 0.2) is 0 Å². The van der Waals surface area contributed by atoms with Gasteiger partial charge in [0.15, 0.2) is 0 Å². The third-order valence-electron chi connectivity index (χ3n) is 10.8. The van der Waals surface area contributed by atoms with Crippen LogP contribution in [0, 0.1) is 57.2 Å². The average molecular weight is 534 g/mol. The van der Waals surface area contributed by atoms with Crippen molar-refractivity contribution in [3.63, 3.8) is 0 Å². The van der Waals surface area contributed by atoms with Gasteiger partial charge >= 0.3 is 0 Å². The molecular formula is C33H56ClNO2. The van der Waals surface area contributed by atoms with E-state index < -0.39 is 0 Å². The molecule has 4 heteroatoms. The molecule has 8 bridgehead atoms. The van der Waals surface area contributed by atoms with E-state index in [2.05, 4.69) is 41.5 Å². The summed E-state index contributed by atoms with van der Waals surface area (Å²) in [7, 11) is 0. The number of nitrogens with two attached hydrogens (primary N) is 1. The molecule has 8 aliphatic rings. The van der Waals surface area contributed by atoms with Crippen molar-refractivity contribution in [3.8, 4) is 0 Å². The average Bonchev–Trinajstić information content (AvgIpc) is 2.75. The zero-order chi connectivity index (χ0) is 27.2. The minimum Gasteiger partial charge on any atom is -0.330 e. The van der Waals surface area contributed by atoms with Crippen molar-refractivity contribution in [3.05, 3.63) is 0 Å². The Morgan fingerprint density at radius 2 is 0.946 bits per heavy atom. The molecule has 3 nitrogen and oxygen atoms in total. The van der Waals surface area contributed by atoms with E-state index in [1.807, 2.05) is 0 Å². The standard InChI is InChI=1S/C17H28O.C11H15ClO.C5H13N/c1-16(2,3)5-4-15(18)17-9-12-6-13(10-17)8-14(7-12)11-17;12-10(13)11-4-7-1-8(5-11)3-9(2-7)6-11;1-5(2,3)4-6/h12-14H,4-11H2,1-3H3;7-9H,1-6H2;4,6H2,1-3H3. The molecule has 212 valence electrons. The molecule has 0 heterocycles. The summed E-state index contributed by atoms with van der Waals surface area (Å²) in [5.74, 6) is 5.80. The van der Waals surface area contributed by atoms with Gasteiger partial charge in [0.1, 0.15) is 5.78 Å². The molecular weight excluding hydrogens is 478 g/mol. The van der Waals surface area contributed by atoms with Crippen LogP contribution in [-0.4, -0.2) is 17.6 Å². The topological polar surface area (TPSA) is 60.2 Å². The lowest BCUT2D eigenvalue weighted by molar-refractivity contribution is -0.144. The highest BCUT2D eigenvalue weighted by molar-refractivity contribution is 6.64. The van der Waals surface area contributed by atoms with Gasteiger partial charge < -0.3 is 5.73 Å². The van der Waals surface area contributed by atoms with Crippen LogP contribution < -0.4 is 5.73 Å². The molecule has 8 rings (SSSR count). The normalized spacial score (nSPS) is 41.0. The van der Waals surface area contributed by atoms with Crippen LogP contribution in [0.3, 0.4) is 0 Å². The quantitative estimate of drug-likeness (QED) is 0.368. The molecule has 0 aromatic heterocycles. The van der Waals surface area contributed by atoms with Gasteiger partial charge in [0, 0.05) is 17.3 Å². The highest BCUT2D eigenvalue weighted by atomic mass is 35.5. The largest absolute Gasteiger partial charge is 0.330 e. The van der Waals surface area contributed by atoms with Crippen LogP contribution in [0.5, 0.6) is 0 Å². The van der Waals surface area contributed by atoms with Gasteiger partial charge in [-0.15, -0.1) is 0 Å². The molecule has 0 atom stereocenters. The summed E-state index contributed by atoms with van der Waals surface area (Å²) in [6.07, 6.45) is 17.3. The van der Waals surface area contributed by atoms with E-state index in [9.17, 15) is 9.59 Å². The monoisotopic (exact) mass is 533 g/mol. The second-order valence-corrected chi connectivity index (χ2v) is 17.3. The van der Waals surface area contributed by atoms with Crippen LogP contribution in [0.25, 0.3) is 0 Å². The first kappa shape index (κ1) is 29.6. The van der Waals surface area contributed by atoms with Crippen LogP contribution in [0.4, 0.5) is 0 Å². The fourth-order valence-electron chi connectivity index (χ4n) is 9.56. The van der Waals surface area contributed by atoms with E-state index >= 15 is 0 Å². The molecule has 0 aromatic carbocycles. The van der Waals surface area contributed by atoms with E-state index in [-0.39, 0.29) is 16.1 Å². The Bertz CT molecular complexity index is 762. The maximum atomic E-state index is 12.7. The van der Waals surface area contributed by atoms with Crippen molar-refractivity contribution in [1.82, 2.24) is 0 Å². The van der Waals surface area contributed by atoms with Crippen molar-refractivity contribution in [2.45, 2.75) is 131 Å². The molecule has 0 amide bonds. The Kier molecular flexibility index (Phi) is 8.69. The van der Waals surface area contributed by atoms with E-state index in [1.54, 1.807) is 0 Å². The van der Waals surface area contributed by atoms with E-state index in [4.69, 9.17) is 17.3 Å². The summed E-state index contributed by atoms with van der Waals surface area (Å²) in [5, 5.41) is -0.0356. The number of halogens is 1. The number of carbonyl (C=O) groups excluding carboxylic acids is 2. The minimum atomic E-state index is -0.0731. The summed E-state index contributed by atoms with van der Waals surface area (Å²) in [6.45, 7) is 13.9. The lowest BCUT2D eigenvalue weighted by atomic mass is 9.48. The molecule has 0 unspecified atom stereocenters. The summed E-state index contributed by atoms with van der Waals surface area (Å²) in [6, 6.07) is 0. The lowest BCUT2D eigenvalue weighted by Crippen LogP contribution is -2.50. The van der Waals surface area contributed by atoms with Crippen LogP contribution in [-0.2, 0) is 9.59 Å². The number of hydrogen-bond acceptors (Lipinski definition) is 3. The Hall–Kier alpha value is -0.410. The van der Waals surface area contributed by atoms with Gasteiger partial charge in [-0.05, 0) is 148 Å². The Morgan fingerprint density at radius 1 is 0.649 bits per heavy atom. The van der Waals surface area contributed by atoms with E-state index in [0.29, 0.717) is 16.6 Å². The van der Waals surface area contributed by atoms with Crippen molar-refractivity contribution < 1.29 is 9.59 Å². The first-order valence-electron chi connectivity index (χ1n) is 15.5. The molecule has 0 saturated heterocycles. The molecule has 8 fully saturated rings. The number of rotatable bonds is 4. The summed E-state index contributed by atoms with van der Waals surface area (Å²) >= 11 is 5.76. The van der Waals surface area contributed by atoms with Gasteiger partial charge in [-0.1, -0.05) is 41.5 Å². The zero-order valence-electron chi connectivity index (χ0n) is 24.8. The third-order valence-corrected chi connectivity index (χ3v) is 11.2. The Balaban J connectivity index is 0.000000147. The van der Waals surface area contributed by atoms with Gasteiger partial charge in [-0.3, -0.25) is 9.59 Å². The maximum absolute atomic E-state index is 12.7. The highest BCUT2D eigenvalue weighted by Crippen LogP contribution is 2.61. The van der Waals surface area contributed by atoms with Gasteiger partial charge in [-0.2, -0.15) is 0 Å². The smallest absolute Gasteiger partial charge is 0.227 e. The molecule has 8 aliphatic carbocycles. The SMILES string of the molecule is CC(C)(C)CCC(=O)C12CC3CC(CC(C3)C1)C2.CC(C)(C)CN.O=C(Cl)C12CC3CC(CC(C3)C1)C2. The molecule has 2 N–H and O–H groups in total. The van der Waals surface area contributed by atoms with E-state index in [1.165, 1.54) is 57.8 Å². The van der Waals surface area contributed by atoms with Gasteiger partial charge in [0.25, 0.3) is 0 Å². The fraction of sp³-hybridized carbons (Fsp3) is 0.939. The second kappa shape index (κ2) is 10.9. The van der Waals surface area contributed by atoms with Crippen LogP contribution in [0.2, 0.25) is 0 Å². The molecule has 0 aliphatic heterocycles. The number of carbonyl (C=O) groups is 2. The summed E-state index contributed by atoms with van der Waals surface area (Å²) in [4.78, 5) is 24.2. The molecule has 0 aromatic rings. The number of hydrogen-bond donors (Lipinski definition) is 1. The summed E-state index contributed by atoms with van der Waals surface area (Å²) in [5.41, 5.74) is 5.99. The van der Waals surface area contributed by atoms with Crippen molar-refractivity contribution in [2.24, 2.45) is 62.9 Å². The maximum Gasteiger partial charge on any atom is 0.227 e. The number of ketones is 1. The first-order chi connectivity index (χ1) is 17.1. The lowest BCUT2D eigenvalue weighted by Gasteiger charge is -2.56. The van der Waals surface area contributed by atoms with Crippen LogP contribution >= 0.6 is 11.6 Å². The van der Waals surface area contributed by atoms with Crippen molar-refractivity contribution in [2.75, 3.05) is 6.54 Å². The predicted octanol–water partition coefficient (Wildman–Crippen LogP) is 8.56. The summed E-state index contributed by atoms with van der Waals surface area (Å²) < 4.78 is 0. The first-order valence-corrected chi connectivity index (χ1v) is 15.9. The third kappa shape index (κ3) is 7.22. The van der Waals surface area contributed by atoms with Gasteiger partial charge in [0.05, 0.1) is 0 Å². The zero-order valence-corrected chi connectivity index (χ0v) is 25.6. The van der Waals surface area contributed by atoms with Gasteiger partial charge in [-0.25, -0.2) is 0 Å². The highest BCUT2D eigenvalue weighted by Gasteiger charge is 2.55. The fourth-order valence-corrected chi connectivity index (χ4v) is 9.79.